The lowest BCUT2D eigenvalue weighted by atomic mass is 9.75. The third-order valence-corrected chi connectivity index (χ3v) is 6.97. The average Bonchev–Trinajstić information content (AvgIpc) is 2.90. The van der Waals surface area contributed by atoms with Crippen molar-refractivity contribution in [1.29, 1.82) is 0 Å². The summed E-state index contributed by atoms with van der Waals surface area (Å²) in [6.45, 7) is 0. The summed E-state index contributed by atoms with van der Waals surface area (Å²) in [6.07, 6.45) is 3.31. The number of hydrogen-bond donors (Lipinski definition) is 2. The van der Waals surface area contributed by atoms with Crippen LogP contribution in [-0.2, 0) is 11.2 Å². The zero-order valence-electron chi connectivity index (χ0n) is 16.2. The van der Waals surface area contributed by atoms with Crippen molar-refractivity contribution in [2.24, 2.45) is 0 Å². The van der Waals surface area contributed by atoms with Gasteiger partial charge in [-0.3, -0.25) is 29.8 Å². The van der Waals surface area contributed by atoms with Crippen LogP contribution in [0.1, 0.15) is 60.1 Å². The van der Waals surface area contributed by atoms with Gasteiger partial charge in [-0.1, -0.05) is 24.3 Å². The van der Waals surface area contributed by atoms with E-state index in [4.69, 9.17) is 0 Å². The lowest BCUT2D eigenvalue weighted by molar-refractivity contribution is -0.114. The van der Waals surface area contributed by atoms with E-state index in [1.165, 1.54) is 0 Å². The monoisotopic (exact) mass is 406 g/mol. The van der Waals surface area contributed by atoms with Gasteiger partial charge in [-0.15, -0.1) is 0 Å². The van der Waals surface area contributed by atoms with Crippen LogP contribution in [0.5, 0.6) is 0 Å². The first-order valence-corrected chi connectivity index (χ1v) is 10.2. The van der Waals surface area contributed by atoms with Crippen molar-refractivity contribution in [3.63, 3.8) is 0 Å². The molecule has 0 saturated heterocycles. The Morgan fingerprint density at radius 2 is 1.26 bits per heavy atom. The number of fused-ring (bicyclic) bond motifs is 1. The molecule has 2 heterocycles. The van der Waals surface area contributed by atoms with Crippen LogP contribution in [0.25, 0.3) is 27.5 Å². The van der Waals surface area contributed by atoms with Crippen LogP contribution in [0.3, 0.4) is 0 Å². The molecular weight excluding hydrogens is 392 g/mol. The number of imide groups is 2. The number of amides is 4. The molecule has 31 heavy (non-hydrogen) atoms. The second-order valence-corrected chi connectivity index (χ2v) is 8.45. The molecule has 2 N–H and O–H groups in total. The Labute approximate surface area is 175 Å². The molecule has 0 aromatic heterocycles. The standard InChI is InChI=1S/C25H14N2O4/c28-22-14-3-1-10-9-11-2-4-15-21-17(25(31)27-23(15)29)8-6-13(19(11)21)12-5-7-16(24(30)26-22)20(14)18(10)12/h1,3-8,11H,2,9H2,(H,26,28,30)(H,27,29,31). The summed E-state index contributed by atoms with van der Waals surface area (Å²) in [5.41, 5.74) is 6.76. The number of nitrogens with one attached hydrogen (secondary N) is 2. The lowest BCUT2D eigenvalue weighted by Gasteiger charge is -2.30. The van der Waals surface area contributed by atoms with E-state index >= 15 is 0 Å². The van der Waals surface area contributed by atoms with Crippen LogP contribution in [0.15, 0.2) is 42.5 Å². The van der Waals surface area contributed by atoms with Gasteiger partial charge in [0.2, 0.25) is 0 Å². The molecule has 3 aromatic rings. The first-order valence-electron chi connectivity index (χ1n) is 10.2. The molecule has 0 spiro atoms. The maximum absolute atomic E-state index is 12.5. The van der Waals surface area contributed by atoms with E-state index in [-0.39, 0.29) is 29.5 Å². The molecule has 1 atom stereocenters. The largest absolute Gasteiger partial charge is 0.288 e. The molecule has 3 aromatic carbocycles. The van der Waals surface area contributed by atoms with Crippen molar-refractivity contribution in [3.8, 4) is 11.1 Å². The SMILES string of the molecule is O=C1NC(=O)c2ccc3c4c2C1=CCC4Cc1ccc2c4c(ccc-3c14)C(=O)NC2=O. The van der Waals surface area contributed by atoms with E-state index in [0.29, 0.717) is 40.5 Å². The van der Waals surface area contributed by atoms with Crippen LogP contribution >= 0.6 is 0 Å². The van der Waals surface area contributed by atoms with Crippen LogP contribution in [0.4, 0.5) is 0 Å². The Kier molecular flexibility index (Phi) is 2.88. The lowest BCUT2D eigenvalue weighted by Crippen LogP contribution is -2.38. The molecule has 4 aliphatic rings. The molecule has 0 radical (unpaired) electrons. The molecule has 2 aliphatic heterocycles. The summed E-state index contributed by atoms with van der Waals surface area (Å²) in [5.74, 6) is -1.40. The zero-order chi connectivity index (χ0) is 21.0. The molecule has 6 heteroatoms. The van der Waals surface area contributed by atoms with E-state index in [1.807, 2.05) is 24.3 Å². The highest BCUT2D eigenvalue weighted by Crippen LogP contribution is 2.50. The second-order valence-electron chi connectivity index (χ2n) is 8.45. The van der Waals surface area contributed by atoms with Crippen LogP contribution in [-0.4, -0.2) is 23.6 Å². The maximum atomic E-state index is 12.5. The number of hydrogen-bond acceptors (Lipinski definition) is 4. The van der Waals surface area contributed by atoms with E-state index in [1.54, 1.807) is 18.2 Å². The third-order valence-electron chi connectivity index (χ3n) is 6.97. The van der Waals surface area contributed by atoms with Crippen molar-refractivity contribution >= 4 is 40.0 Å². The molecule has 2 aliphatic carbocycles. The second kappa shape index (κ2) is 5.35. The topological polar surface area (TPSA) is 92.3 Å². The summed E-state index contributed by atoms with van der Waals surface area (Å²) in [4.78, 5) is 50.1. The highest BCUT2D eigenvalue weighted by Gasteiger charge is 2.38. The Morgan fingerprint density at radius 1 is 0.645 bits per heavy atom. The molecule has 6 nitrogen and oxygen atoms in total. The van der Waals surface area contributed by atoms with Gasteiger partial charge in [0.1, 0.15) is 0 Å². The summed E-state index contributed by atoms with van der Waals surface area (Å²) >= 11 is 0. The van der Waals surface area contributed by atoms with Crippen molar-refractivity contribution in [1.82, 2.24) is 10.6 Å². The van der Waals surface area contributed by atoms with Gasteiger partial charge < -0.3 is 0 Å². The maximum Gasteiger partial charge on any atom is 0.258 e. The Hall–Kier alpha value is -4.06. The van der Waals surface area contributed by atoms with Gasteiger partial charge in [0, 0.05) is 33.2 Å². The van der Waals surface area contributed by atoms with Gasteiger partial charge in [0.05, 0.1) is 0 Å². The number of carbonyl (C=O) groups is 4. The van der Waals surface area contributed by atoms with E-state index in [9.17, 15) is 19.2 Å². The van der Waals surface area contributed by atoms with Gasteiger partial charge in [-0.2, -0.15) is 0 Å². The summed E-state index contributed by atoms with van der Waals surface area (Å²) in [6, 6.07) is 11.1. The van der Waals surface area contributed by atoms with Crippen molar-refractivity contribution < 1.29 is 19.2 Å². The normalized spacial score (nSPS) is 20.0. The van der Waals surface area contributed by atoms with Gasteiger partial charge in [-0.25, -0.2) is 0 Å². The van der Waals surface area contributed by atoms with E-state index < -0.39 is 0 Å². The van der Waals surface area contributed by atoms with Crippen LogP contribution in [0.2, 0.25) is 0 Å². The fraction of sp³-hybridized carbons (Fsp3) is 0.120. The number of allylic oxidation sites excluding steroid dienone is 1. The summed E-state index contributed by atoms with van der Waals surface area (Å²) in [5, 5.41) is 6.45. The molecule has 7 rings (SSSR count). The van der Waals surface area contributed by atoms with Crippen molar-refractivity contribution in [2.45, 2.75) is 18.8 Å². The van der Waals surface area contributed by atoms with Gasteiger partial charge in [0.25, 0.3) is 23.6 Å². The van der Waals surface area contributed by atoms with Gasteiger partial charge in [0.15, 0.2) is 0 Å². The minimum atomic E-state index is -0.386. The predicted octanol–water partition coefficient (Wildman–Crippen LogP) is 3.09. The number of rotatable bonds is 0. The quantitative estimate of drug-likeness (QED) is 0.561. The smallest absolute Gasteiger partial charge is 0.258 e. The number of carbonyl (C=O) groups excluding carboxylic acids is 4. The minimum absolute atomic E-state index is 0.102. The summed E-state index contributed by atoms with van der Waals surface area (Å²) in [7, 11) is 0. The predicted molar refractivity (Wildman–Crippen MR) is 113 cm³/mol. The Balaban J connectivity index is 1.64. The highest BCUT2D eigenvalue weighted by atomic mass is 16.2. The van der Waals surface area contributed by atoms with Crippen LogP contribution < -0.4 is 10.6 Å². The van der Waals surface area contributed by atoms with Gasteiger partial charge >= 0.3 is 0 Å². The van der Waals surface area contributed by atoms with Crippen LogP contribution in [0, 0.1) is 0 Å². The van der Waals surface area contributed by atoms with Crippen molar-refractivity contribution in [3.05, 3.63) is 75.9 Å². The van der Waals surface area contributed by atoms with Crippen molar-refractivity contribution in [2.75, 3.05) is 0 Å². The highest BCUT2D eigenvalue weighted by molar-refractivity contribution is 6.32. The minimum Gasteiger partial charge on any atom is -0.288 e. The fourth-order valence-electron chi connectivity index (χ4n) is 5.71. The zero-order valence-corrected chi connectivity index (χ0v) is 16.2. The molecule has 1 unspecified atom stereocenters. The fourth-order valence-corrected chi connectivity index (χ4v) is 5.71. The van der Waals surface area contributed by atoms with Gasteiger partial charge in [-0.05, 0) is 64.6 Å². The average molecular weight is 406 g/mol. The molecule has 4 amide bonds. The first-order chi connectivity index (χ1) is 15.0. The Bertz CT molecular complexity index is 1490. The van der Waals surface area contributed by atoms with E-state index in [0.717, 1.165) is 33.2 Å². The summed E-state index contributed by atoms with van der Waals surface area (Å²) < 4.78 is 0. The molecule has 0 saturated carbocycles. The third kappa shape index (κ3) is 1.92. The molecule has 0 fully saturated rings. The molecule has 148 valence electrons. The molecular formula is C25H14N2O4. The Morgan fingerprint density at radius 3 is 2.06 bits per heavy atom. The molecule has 0 bridgehead atoms. The number of benzene rings is 3. The first kappa shape index (κ1) is 16.7. The van der Waals surface area contributed by atoms with E-state index in [2.05, 4.69) is 10.6 Å².